The third-order valence-electron chi connectivity index (χ3n) is 4.83. The number of esters is 1. The van der Waals surface area contributed by atoms with Crippen molar-refractivity contribution in [1.29, 1.82) is 0 Å². The summed E-state index contributed by atoms with van der Waals surface area (Å²) in [6.07, 6.45) is 16.6. The van der Waals surface area contributed by atoms with Crippen molar-refractivity contribution < 1.29 is 29.0 Å². The Bertz CT molecular complexity index is 438. The molecule has 0 heterocycles. The standard InChI is InChI=1S/C20H40BrO6P/c1-2-3-4-5-6-7-8-9-10-11-12-13-14-16-19(22)27-18-15-17-20(21,23)28(24,25)26/h23H,2-18H2,1H3,(H2,24,25,26). The van der Waals surface area contributed by atoms with E-state index in [1.807, 2.05) is 0 Å². The molecule has 0 radical (unpaired) electrons. The summed E-state index contributed by atoms with van der Waals surface area (Å²) >= 11 is 2.62. The third-order valence-corrected chi connectivity index (χ3v) is 7.73. The van der Waals surface area contributed by atoms with E-state index >= 15 is 0 Å². The Morgan fingerprint density at radius 1 is 0.857 bits per heavy atom. The van der Waals surface area contributed by atoms with Gasteiger partial charge < -0.3 is 19.6 Å². The molecule has 6 nitrogen and oxygen atoms in total. The molecule has 0 aliphatic carbocycles. The molecule has 0 fully saturated rings. The van der Waals surface area contributed by atoms with Gasteiger partial charge in [-0.15, -0.1) is 0 Å². The summed E-state index contributed by atoms with van der Waals surface area (Å²) in [6.45, 7) is 2.29. The van der Waals surface area contributed by atoms with Crippen molar-refractivity contribution in [2.24, 2.45) is 0 Å². The molecule has 3 N–H and O–H groups in total. The van der Waals surface area contributed by atoms with Gasteiger partial charge in [0.15, 0.2) is 0 Å². The molecule has 0 rings (SSSR count). The molecule has 8 heteroatoms. The zero-order chi connectivity index (χ0) is 21.3. The monoisotopic (exact) mass is 486 g/mol. The molecule has 0 saturated carbocycles. The maximum absolute atomic E-state index is 11.6. The van der Waals surface area contributed by atoms with Gasteiger partial charge in [0.05, 0.1) is 6.61 Å². The average molecular weight is 487 g/mol. The molecule has 0 saturated heterocycles. The molecule has 0 aromatic rings. The van der Waals surface area contributed by atoms with Crippen LogP contribution in [0, 0.1) is 0 Å². The molecule has 0 aliphatic heterocycles. The summed E-state index contributed by atoms with van der Waals surface area (Å²) < 4.78 is 13.8. The molecule has 0 spiro atoms. The van der Waals surface area contributed by atoms with Gasteiger partial charge in [-0.25, -0.2) is 0 Å². The lowest BCUT2D eigenvalue weighted by Gasteiger charge is -2.21. The van der Waals surface area contributed by atoms with E-state index in [-0.39, 0.29) is 25.4 Å². The molecule has 28 heavy (non-hydrogen) atoms. The van der Waals surface area contributed by atoms with Crippen LogP contribution in [0.15, 0.2) is 0 Å². The van der Waals surface area contributed by atoms with E-state index in [1.165, 1.54) is 64.2 Å². The lowest BCUT2D eigenvalue weighted by Crippen LogP contribution is -2.20. The Labute approximate surface area is 179 Å². The number of carbonyl (C=O) groups excluding carboxylic acids is 1. The van der Waals surface area contributed by atoms with Crippen molar-refractivity contribution in [3.63, 3.8) is 0 Å². The second kappa shape index (κ2) is 16.8. The highest BCUT2D eigenvalue weighted by Crippen LogP contribution is 2.55. The van der Waals surface area contributed by atoms with Crippen LogP contribution in [0.4, 0.5) is 0 Å². The van der Waals surface area contributed by atoms with Crippen LogP contribution in [-0.4, -0.2) is 31.7 Å². The zero-order valence-electron chi connectivity index (χ0n) is 17.4. The lowest BCUT2D eigenvalue weighted by atomic mass is 10.0. The second-order valence-electron chi connectivity index (χ2n) is 7.58. The van der Waals surface area contributed by atoms with Gasteiger partial charge >= 0.3 is 13.6 Å². The fourth-order valence-corrected chi connectivity index (χ4v) is 3.72. The van der Waals surface area contributed by atoms with Crippen molar-refractivity contribution in [3.05, 3.63) is 0 Å². The summed E-state index contributed by atoms with van der Waals surface area (Å²) in [5.74, 6) is -0.294. The predicted octanol–water partition coefficient (Wildman–Crippen LogP) is 6.01. The number of aliphatic hydroxyl groups is 1. The van der Waals surface area contributed by atoms with Gasteiger partial charge in [-0.2, -0.15) is 0 Å². The van der Waals surface area contributed by atoms with Crippen molar-refractivity contribution in [3.8, 4) is 0 Å². The smallest absolute Gasteiger partial charge is 0.367 e. The molecule has 0 amide bonds. The first kappa shape index (κ1) is 28.1. The number of alkyl halides is 1. The van der Waals surface area contributed by atoms with Crippen LogP contribution in [0.1, 0.15) is 110 Å². The Kier molecular flexibility index (Phi) is 16.9. The van der Waals surface area contributed by atoms with Gasteiger partial charge in [-0.1, -0.05) is 84.0 Å². The summed E-state index contributed by atoms with van der Waals surface area (Å²) in [5.41, 5.74) is 0. The van der Waals surface area contributed by atoms with E-state index in [2.05, 4.69) is 22.9 Å². The fourth-order valence-electron chi connectivity index (χ4n) is 2.99. The Hall–Kier alpha value is 0.0600. The summed E-state index contributed by atoms with van der Waals surface area (Å²) in [7, 11) is -4.64. The largest absolute Gasteiger partial charge is 0.466 e. The minimum absolute atomic E-state index is 0.0468. The highest BCUT2D eigenvalue weighted by molar-refractivity contribution is 9.11. The maximum atomic E-state index is 11.6. The quantitative estimate of drug-likeness (QED) is 0.0892. The van der Waals surface area contributed by atoms with Crippen LogP contribution < -0.4 is 0 Å². The normalized spacial score (nSPS) is 14.0. The van der Waals surface area contributed by atoms with Crippen LogP contribution in [0.5, 0.6) is 0 Å². The molecule has 1 atom stereocenters. The van der Waals surface area contributed by atoms with Crippen molar-refractivity contribution in [2.75, 3.05) is 6.61 Å². The summed E-state index contributed by atoms with van der Waals surface area (Å²) in [6, 6.07) is 0. The number of hydrogen-bond acceptors (Lipinski definition) is 4. The molecule has 0 aromatic carbocycles. The van der Waals surface area contributed by atoms with Gasteiger partial charge in [0.25, 0.3) is 0 Å². The van der Waals surface area contributed by atoms with Gasteiger partial charge in [-0.05, 0) is 28.8 Å². The maximum Gasteiger partial charge on any atom is 0.367 e. The second-order valence-corrected chi connectivity index (χ2v) is 11.3. The number of carbonyl (C=O) groups is 1. The fraction of sp³-hybridized carbons (Fsp3) is 0.950. The van der Waals surface area contributed by atoms with E-state index in [1.54, 1.807) is 0 Å². The van der Waals surface area contributed by atoms with Gasteiger partial charge in [0.1, 0.15) is 0 Å². The van der Waals surface area contributed by atoms with Crippen LogP contribution in [0.25, 0.3) is 0 Å². The van der Waals surface area contributed by atoms with Crippen LogP contribution in [0.3, 0.4) is 0 Å². The topological polar surface area (TPSA) is 104 Å². The van der Waals surface area contributed by atoms with Crippen LogP contribution >= 0.6 is 23.5 Å². The van der Waals surface area contributed by atoms with Gasteiger partial charge in [0.2, 0.25) is 4.25 Å². The minimum atomic E-state index is -4.64. The van der Waals surface area contributed by atoms with E-state index in [0.29, 0.717) is 6.42 Å². The number of hydrogen-bond donors (Lipinski definition) is 3. The molecule has 0 aromatic heterocycles. The molecule has 0 bridgehead atoms. The lowest BCUT2D eigenvalue weighted by molar-refractivity contribution is -0.144. The number of halogens is 1. The summed E-state index contributed by atoms with van der Waals surface area (Å²) in [4.78, 5) is 29.5. The van der Waals surface area contributed by atoms with Crippen LogP contribution in [0.2, 0.25) is 0 Å². The number of ether oxygens (including phenoxy) is 1. The van der Waals surface area contributed by atoms with E-state index in [9.17, 15) is 14.5 Å². The Morgan fingerprint density at radius 3 is 1.71 bits per heavy atom. The Balaban J connectivity index is 3.39. The minimum Gasteiger partial charge on any atom is -0.466 e. The third kappa shape index (κ3) is 15.9. The summed E-state index contributed by atoms with van der Waals surface area (Å²) in [5, 5.41) is 9.56. The molecule has 168 valence electrons. The Morgan fingerprint density at radius 2 is 1.29 bits per heavy atom. The molecule has 0 aliphatic rings. The molecule has 1 unspecified atom stereocenters. The van der Waals surface area contributed by atoms with Crippen molar-refractivity contribution in [2.45, 2.75) is 114 Å². The van der Waals surface area contributed by atoms with E-state index in [0.717, 1.165) is 19.3 Å². The number of rotatable bonds is 19. The van der Waals surface area contributed by atoms with Crippen LogP contribution in [-0.2, 0) is 14.1 Å². The first-order chi connectivity index (χ1) is 13.2. The van der Waals surface area contributed by atoms with Crippen molar-refractivity contribution in [1.82, 2.24) is 0 Å². The highest BCUT2D eigenvalue weighted by atomic mass is 79.9. The predicted molar refractivity (Wildman–Crippen MR) is 116 cm³/mol. The molecular weight excluding hydrogens is 447 g/mol. The van der Waals surface area contributed by atoms with E-state index < -0.39 is 11.8 Å². The van der Waals surface area contributed by atoms with Gasteiger partial charge in [0, 0.05) is 12.8 Å². The SMILES string of the molecule is CCCCCCCCCCCCCCCC(=O)OCCCC(O)(Br)P(=O)(O)O. The number of unbranched alkanes of at least 4 members (excludes halogenated alkanes) is 12. The van der Waals surface area contributed by atoms with Gasteiger partial charge in [-0.3, -0.25) is 9.36 Å². The first-order valence-corrected chi connectivity index (χ1v) is 13.2. The van der Waals surface area contributed by atoms with Crippen molar-refractivity contribution >= 4 is 29.5 Å². The first-order valence-electron chi connectivity index (χ1n) is 10.8. The average Bonchev–Trinajstić information content (AvgIpc) is 2.61. The zero-order valence-corrected chi connectivity index (χ0v) is 19.9. The molecular formula is C20H40BrO6P. The van der Waals surface area contributed by atoms with E-state index in [4.69, 9.17) is 14.5 Å². The highest BCUT2D eigenvalue weighted by Gasteiger charge is 2.42.